The quantitative estimate of drug-likeness (QED) is 0.670. The van der Waals surface area contributed by atoms with Crippen LogP contribution >= 0.6 is 0 Å². The fourth-order valence-electron chi connectivity index (χ4n) is 2.44. The van der Waals surface area contributed by atoms with Crippen molar-refractivity contribution in [3.05, 3.63) is 0 Å². The van der Waals surface area contributed by atoms with Crippen molar-refractivity contribution in [1.82, 2.24) is 9.80 Å². The zero-order valence-electron chi connectivity index (χ0n) is 11.3. The van der Waals surface area contributed by atoms with Gasteiger partial charge in [-0.15, -0.1) is 0 Å². The number of carbonyl (C=O) groups excluding carboxylic acids is 2. The lowest BCUT2D eigenvalue weighted by Crippen LogP contribution is -2.60. The number of carbonyl (C=O) groups is 2. The molecule has 0 spiro atoms. The van der Waals surface area contributed by atoms with Gasteiger partial charge in [-0.2, -0.15) is 0 Å². The standard InChI is InChI=1S/C12H21N3O4/c1-18-8-10(16)14-3-5-15(6-4-14)11(17)12(13)2-7-19-9-12/h2-9,13H2,1H3. The van der Waals surface area contributed by atoms with Gasteiger partial charge in [0.05, 0.1) is 6.61 Å². The molecule has 2 amide bonds. The highest BCUT2D eigenvalue weighted by Crippen LogP contribution is 2.19. The summed E-state index contributed by atoms with van der Waals surface area (Å²) >= 11 is 0. The van der Waals surface area contributed by atoms with E-state index in [4.69, 9.17) is 15.2 Å². The third-order valence-electron chi connectivity index (χ3n) is 3.67. The average Bonchev–Trinajstić information content (AvgIpc) is 2.86. The van der Waals surface area contributed by atoms with Crippen molar-refractivity contribution in [1.29, 1.82) is 0 Å². The van der Waals surface area contributed by atoms with Crippen LogP contribution in [0.3, 0.4) is 0 Å². The summed E-state index contributed by atoms with van der Waals surface area (Å²) in [5.41, 5.74) is 5.18. The Morgan fingerprint density at radius 3 is 2.42 bits per heavy atom. The molecule has 7 heteroatoms. The zero-order valence-corrected chi connectivity index (χ0v) is 11.3. The first-order valence-electron chi connectivity index (χ1n) is 6.49. The van der Waals surface area contributed by atoms with Crippen LogP contribution < -0.4 is 5.73 Å². The summed E-state index contributed by atoms with van der Waals surface area (Å²) < 4.78 is 10.0. The lowest BCUT2D eigenvalue weighted by atomic mass is 9.98. The van der Waals surface area contributed by atoms with Gasteiger partial charge in [-0.05, 0) is 6.42 Å². The number of hydrogen-bond donors (Lipinski definition) is 1. The summed E-state index contributed by atoms with van der Waals surface area (Å²) in [6.07, 6.45) is 0.564. The molecule has 2 N–H and O–H groups in total. The monoisotopic (exact) mass is 271 g/mol. The molecule has 0 aromatic carbocycles. The van der Waals surface area contributed by atoms with E-state index in [2.05, 4.69) is 0 Å². The topological polar surface area (TPSA) is 85.1 Å². The minimum atomic E-state index is -0.876. The number of rotatable bonds is 3. The molecule has 0 bridgehead atoms. The third-order valence-corrected chi connectivity index (χ3v) is 3.67. The Labute approximate surface area is 112 Å². The van der Waals surface area contributed by atoms with Gasteiger partial charge in [0.2, 0.25) is 11.8 Å². The number of piperazine rings is 1. The van der Waals surface area contributed by atoms with E-state index < -0.39 is 5.54 Å². The highest BCUT2D eigenvalue weighted by Gasteiger charge is 2.41. The van der Waals surface area contributed by atoms with Crippen molar-refractivity contribution in [2.75, 3.05) is 53.1 Å². The Hall–Kier alpha value is -1.18. The summed E-state index contributed by atoms with van der Waals surface area (Å²) in [6, 6.07) is 0. The Bertz CT molecular complexity index is 347. The first-order valence-corrected chi connectivity index (χ1v) is 6.49. The van der Waals surface area contributed by atoms with E-state index >= 15 is 0 Å². The van der Waals surface area contributed by atoms with Crippen LogP contribution in [0.5, 0.6) is 0 Å². The molecule has 2 aliphatic rings. The zero-order chi connectivity index (χ0) is 13.9. The predicted octanol–water partition coefficient (Wildman–Crippen LogP) is -1.58. The maximum atomic E-state index is 12.3. The van der Waals surface area contributed by atoms with E-state index in [1.807, 2.05) is 0 Å². The SMILES string of the molecule is COCC(=O)N1CCN(C(=O)C2(N)CCOC2)CC1. The summed E-state index contributed by atoms with van der Waals surface area (Å²) in [5, 5.41) is 0. The van der Waals surface area contributed by atoms with Crippen molar-refractivity contribution in [3.8, 4) is 0 Å². The highest BCUT2D eigenvalue weighted by molar-refractivity contribution is 5.87. The molecule has 0 aromatic rings. The summed E-state index contributed by atoms with van der Waals surface area (Å²) in [5.74, 6) is -0.106. The molecule has 1 unspecified atom stereocenters. The molecule has 0 aromatic heterocycles. The second kappa shape index (κ2) is 5.85. The molecule has 1 atom stereocenters. The van der Waals surface area contributed by atoms with Crippen LogP contribution in [0.2, 0.25) is 0 Å². The molecule has 0 aliphatic carbocycles. The number of ether oxygens (including phenoxy) is 2. The van der Waals surface area contributed by atoms with Gasteiger partial charge in [0.15, 0.2) is 0 Å². The Balaban J connectivity index is 1.86. The summed E-state index contributed by atoms with van der Waals surface area (Å²) in [7, 11) is 1.50. The fourth-order valence-corrected chi connectivity index (χ4v) is 2.44. The number of methoxy groups -OCH3 is 1. The molecular formula is C12H21N3O4. The Kier molecular flexibility index (Phi) is 4.38. The smallest absolute Gasteiger partial charge is 0.248 e. The van der Waals surface area contributed by atoms with E-state index in [9.17, 15) is 9.59 Å². The Morgan fingerprint density at radius 1 is 1.26 bits per heavy atom. The van der Waals surface area contributed by atoms with E-state index in [1.54, 1.807) is 9.80 Å². The molecule has 0 radical (unpaired) electrons. The summed E-state index contributed by atoms with van der Waals surface area (Å²) in [6.45, 7) is 3.02. The van der Waals surface area contributed by atoms with Crippen LogP contribution in [0.4, 0.5) is 0 Å². The maximum absolute atomic E-state index is 12.3. The molecule has 2 saturated heterocycles. The lowest BCUT2D eigenvalue weighted by molar-refractivity contribution is -0.144. The van der Waals surface area contributed by atoms with Crippen molar-refractivity contribution < 1.29 is 19.1 Å². The van der Waals surface area contributed by atoms with Gasteiger partial charge in [-0.3, -0.25) is 9.59 Å². The van der Waals surface area contributed by atoms with Gasteiger partial charge in [0, 0.05) is 39.9 Å². The second-order valence-corrected chi connectivity index (χ2v) is 5.06. The van der Waals surface area contributed by atoms with E-state index in [0.29, 0.717) is 39.2 Å². The molecular weight excluding hydrogens is 250 g/mol. The molecule has 7 nitrogen and oxygen atoms in total. The second-order valence-electron chi connectivity index (χ2n) is 5.06. The van der Waals surface area contributed by atoms with E-state index in [0.717, 1.165) is 0 Å². The van der Waals surface area contributed by atoms with Crippen molar-refractivity contribution in [2.45, 2.75) is 12.0 Å². The van der Waals surface area contributed by atoms with Crippen LogP contribution in [0.15, 0.2) is 0 Å². The number of nitrogens with zero attached hydrogens (tertiary/aromatic N) is 2. The van der Waals surface area contributed by atoms with Crippen molar-refractivity contribution in [3.63, 3.8) is 0 Å². The molecule has 2 aliphatic heterocycles. The van der Waals surface area contributed by atoms with Crippen LogP contribution in [-0.4, -0.2) is 80.3 Å². The highest BCUT2D eigenvalue weighted by atomic mass is 16.5. The van der Waals surface area contributed by atoms with Gasteiger partial charge in [-0.25, -0.2) is 0 Å². The summed E-state index contributed by atoms with van der Waals surface area (Å²) in [4.78, 5) is 27.4. The van der Waals surface area contributed by atoms with Gasteiger partial charge < -0.3 is 25.0 Å². The fraction of sp³-hybridized carbons (Fsp3) is 0.833. The number of amides is 2. The van der Waals surface area contributed by atoms with Gasteiger partial charge >= 0.3 is 0 Å². The van der Waals surface area contributed by atoms with Crippen LogP contribution in [-0.2, 0) is 19.1 Å². The normalized spacial score (nSPS) is 27.7. The third kappa shape index (κ3) is 3.05. The largest absolute Gasteiger partial charge is 0.379 e. The van der Waals surface area contributed by atoms with Crippen LogP contribution in [0, 0.1) is 0 Å². The first kappa shape index (κ1) is 14.2. The molecule has 19 heavy (non-hydrogen) atoms. The predicted molar refractivity (Wildman–Crippen MR) is 67.4 cm³/mol. The average molecular weight is 271 g/mol. The molecule has 108 valence electrons. The van der Waals surface area contributed by atoms with Crippen molar-refractivity contribution >= 4 is 11.8 Å². The van der Waals surface area contributed by atoms with Gasteiger partial charge in [-0.1, -0.05) is 0 Å². The maximum Gasteiger partial charge on any atom is 0.248 e. The number of nitrogens with two attached hydrogens (primary N) is 1. The minimum Gasteiger partial charge on any atom is -0.379 e. The van der Waals surface area contributed by atoms with E-state index in [-0.39, 0.29) is 25.0 Å². The molecule has 0 saturated carbocycles. The van der Waals surface area contributed by atoms with Crippen LogP contribution in [0.25, 0.3) is 0 Å². The first-order chi connectivity index (χ1) is 9.07. The van der Waals surface area contributed by atoms with Gasteiger partial charge in [0.1, 0.15) is 12.1 Å². The van der Waals surface area contributed by atoms with E-state index in [1.165, 1.54) is 7.11 Å². The van der Waals surface area contributed by atoms with Gasteiger partial charge in [0.25, 0.3) is 0 Å². The number of hydrogen-bond acceptors (Lipinski definition) is 5. The van der Waals surface area contributed by atoms with Crippen LogP contribution in [0.1, 0.15) is 6.42 Å². The Morgan fingerprint density at radius 2 is 1.89 bits per heavy atom. The minimum absolute atomic E-state index is 0.0405. The van der Waals surface area contributed by atoms with Crippen molar-refractivity contribution in [2.24, 2.45) is 5.73 Å². The molecule has 2 heterocycles. The molecule has 2 rings (SSSR count). The lowest BCUT2D eigenvalue weighted by Gasteiger charge is -2.37. The molecule has 2 fully saturated rings.